The van der Waals surface area contributed by atoms with Gasteiger partial charge in [-0.2, -0.15) is 13.2 Å². The number of benzene rings is 1. The molecule has 0 radical (unpaired) electrons. The van der Waals surface area contributed by atoms with E-state index in [-0.39, 0.29) is 13.1 Å². The Labute approximate surface area is 131 Å². The lowest BCUT2D eigenvalue weighted by Gasteiger charge is -2.30. The van der Waals surface area contributed by atoms with E-state index in [9.17, 15) is 22.8 Å². The van der Waals surface area contributed by atoms with Gasteiger partial charge < -0.3 is 15.3 Å². The van der Waals surface area contributed by atoms with Gasteiger partial charge in [0.2, 0.25) is 0 Å². The molecular weight excluding hydrogens is 313 g/mol. The first-order valence-corrected chi connectivity index (χ1v) is 7.19. The minimum Gasteiger partial charge on any atom is -0.481 e. The van der Waals surface area contributed by atoms with Crippen LogP contribution >= 0.6 is 0 Å². The predicted molar refractivity (Wildman–Crippen MR) is 75.6 cm³/mol. The molecule has 2 amide bonds. The SMILES string of the molecule is O=C(O)C1CCCN(C(=O)NCc2cccc(C(F)(F)F)c2)C1. The number of amides is 2. The van der Waals surface area contributed by atoms with Gasteiger partial charge in [0, 0.05) is 19.6 Å². The lowest BCUT2D eigenvalue weighted by Crippen LogP contribution is -2.46. The van der Waals surface area contributed by atoms with E-state index in [1.54, 1.807) is 0 Å². The maximum Gasteiger partial charge on any atom is 0.416 e. The van der Waals surface area contributed by atoms with Crippen LogP contribution in [-0.2, 0) is 17.5 Å². The standard InChI is InChI=1S/C15H17F3N2O3/c16-15(17,18)12-5-1-3-10(7-12)8-19-14(23)20-6-2-4-11(9-20)13(21)22/h1,3,5,7,11H,2,4,6,8-9H2,(H,19,23)(H,21,22). The Morgan fingerprint density at radius 1 is 1.35 bits per heavy atom. The summed E-state index contributed by atoms with van der Waals surface area (Å²) in [6.07, 6.45) is -3.32. The molecule has 1 fully saturated rings. The van der Waals surface area contributed by atoms with Gasteiger partial charge in [-0.25, -0.2) is 4.79 Å². The summed E-state index contributed by atoms with van der Waals surface area (Å²) in [5.41, 5.74) is -0.437. The Morgan fingerprint density at radius 2 is 2.09 bits per heavy atom. The average Bonchev–Trinajstić information content (AvgIpc) is 2.52. The minimum atomic E-state index is -4.43. The summed E-state index contributed by atoms with van der Waals surface area (Å²) in [5, 5.41) is 11.5. The second kappa shape index (κ2) is 6.89. The number of likely N-dealkylation sites (tertiary alicyclic amines) is 1. The highest BCUT2D eigenvalue weighted by atomic mass is 19.4. The van der Waals surface area contributed by atoms with E-state index in [0.717, 1.165) is 12.1 Å². The lowest BCUT2D eigenvalue weighted by atomic mass is 9.99. The maximum atomic E-state index is 12.6. The van der Waals surface area contributed by atoms with Gasteiger partial charge in [-0.3, -0.25) is 4.79 Å². The van der Waals surface area contributed by atoms with Crippen LogP contribution in [0.4, 0.5) is 18.0 Å². The zero-order valence-electron chi connectivity index (χ0n) is 12.3. The average molecular weight is 330 g/mol. The molecule has 2 rings (SSSR count). The molecule has 5 nitrogen and oxygen atoms in total. The van der Waals surface area contributed by atoms with E-state index in [2.05, 4.69) is 5.32 Å². The van der Waals surface area contributed by atoms with E-state index in [1.807, 2.05) is 0 Å². The molecule has 1 saturated heterocycles. The zero-order chi connectivity index (χ0) is 17.0. The molecule has 1 aliphatic rings. The van der Waals surface area contributed by atoms with Gasteiger partial charge in [0.1, 0.15) is 0 Å². The summed E-state index contributed by atoms with van der Waals surface area (Å²) in [5.74, 6) is -1.54. The van der Waals surface area contributed by atoms with Crippen LogP contribution < -0.4 is 5.32 Å². The number of piperidine rings is 1. The monoisotopic (exact) mass is 330 g/mol. The van der Waals surface area contributed by atoms with Crippen molar-refractivity contribution in [2.75, 3.05) is 13.1 Å². The van der Waals surface area contributed by atoms with E-state index < -0.39 is 29.7 Å². The number of halogens is 3. The van der Waals surface area contributed by atoms with Gasteiger partial charge in [-0.1, -0.05) is 12.1 Å². The van der Waals surface area contributed by atoms with Gasteiger partial charge >= 0.3 is 18.2 Å². The second-order valence-electron chi connectivity index (χ2n) is 5.48. The summed E-state index contributed by atoms with van der Waals surface area (Å²) >= 11 is 0. The fraction of sp³-hybridized carbons (Fsp3) is 0.467. The van der Waals surface area contributed by atoms with Gasteiger partial charge in [0.15, 0.2) is 0 Å². The molecule has 0 aliphatic carbocycles. The topological polar surface area (TPSA) is 69.6 Å². The number of rotatable bonds is 3. The van der Waals surface area contributed by atoms with Crippen molar-refractivity contribution in [3.05, 3.63) is 35.4 Å². The van der Waals surface area contributed by atoms with Crippen molar-refractivity contribution in [2.45, 2.75) is 25.6 Å². The second-order valence-corrected chi connectivity index (χ2v) is 5.48. The molecule has 1 heterocycles. The van der Waals surface area contributed by atoms with Crippen LogP contribution in [0.2, 0.25) is 0 Å². The first-order chi connectivity index (χ1) is 10.8. The Hall–Kier alpha value is -2.25. The molecule has 0 saturated carbocycles. The number of carbonyl (C=O) groups excluding carboxylic acids is 1. The first-order valence-electron chi connectivity index (χ1n) is 7.19. The van der Waals surface area contributed by atoms with Crippen molar-refractivity contribution in [3.8, 4) is 0 Å². The van der Waals surface area contributed by atoms with Crippen LogP contribution in [0.5, 0.6) is 0 Å². The van der Waals surface area contributed by atoms with E-state index in [0.29, 0.717) is 24.9 Å². The summed E-state index contributed by atoms with van der Waals surface area (Å²) < 4.78 is 37.9. The van der Waals surface area contributed by atoms with Gasteiger partial charge in [-0.05, 0) is 30.5 Å². The number of alkyl halides is 3. The number of aliphatic carboxylic acids is 1. The van der Waals surface area contributed by atoms with Crippen molar-refractivity contribution in [1.29, 1.82) is 0 Å². The highest BCUT2D eigenvalue weighted by Crippen LogP contribution is 2.29. The van der Waals surface area contributed by atoms with Crippen LogP contribution in [0.25, 0.3) is 0 Å². The van der Waals surface area contributed by atoms with Crippen LogP contribution in [0.15, 0.2) is 24.3 Å². The predicted octanol–water partition coefficient (Wildman–Crippen LogP) is 2.71. The number of nitrogens with zero attached hydrogens (tertiary/aromatic N) is 1. The fourth-order valence-corrected chi connectivity index (χ4v) is 2.51. The molecule has 0 aromatic heterocycles. The third kappa shape index (κ3) is 4.61. The van der Waals surface area contributed by atoms with E-state index >= 15 is 0 Å². The van der Waals surface area contributed by atoms with Gasteiger partial charge in [0.25, 0.3) is 0 Å². The van der Waals surface area contributed by atoms with Gasteiger partial charge in [0.05, 0.1) is 11.5 Å². The number of carboxylic acids is 1. The normalized spacial score (nSPS) is 18.6. The van der Waals surface area contributed by atoms with E-state index in [1.165, 1.54) is 17.0 Å². The number of hydrogen-bond acceptors (Lipinski definition) is 2. The van der Waals surface area contributed by atoms with Crippen molar-refractivity contribution in [1.82, 2.24) is 10.2 Å². The van der Waals surface area contributed by atoms with Crippen LogP contribution in [0.3, 0.4) is 0 Å². The molecule has 0 bridgehead atoms. The summed E-state index contributed by atoms with van der Waals surface area (Å²) in [7, 11) is 0. The molecule has 1 aliphatic heterocycles. The quantitative estimate of drug-likeness (QED) is 0.895. The van der Waals surface area contributed by atoms with E-state index in [4.69, 9.17) is 5.11 Å². The van der Waals surface area contributed by atoms with Crippen LogP contribution in [0, 0.1) is 5.92 Å². The zero-order valence-corrected chi connectivity index (χ0v) is 12.3. The van der Waals surface area contributed by atoms with Crippen LogP contribution in [0.1, 0.15) is 24.0 Å². The number of hydrogen-bond donors (Lipinski definition) is 2. The van der Waals surface area contributed by atoms with Crippen molar-refractivity contribution in [3.63, 3.8) is 0 Å². The lowest BCUT2D eigenvalue weighted by molar-refractivity contribution is -0.143. The molecule has 1 unspecified atom stereocenters. The molecule has 1 atom stereocenters. The van der Waals surface area contributed by atoms with Crippen molar-refractivity contribution < 1.29 is 27.9 Å². The largest absolute Gasteiger partial charge is 0.481 e. The molecule has 23 heavy (non-hydrogen) atoms. The van der Waals surface area contributed by atoms with Crippen LogP contribution in [-0.4, -0.2) is 35.1 Å². The molecule has 126 valence electrons. The molecule has 1 aromatic rings. The number of urea groups is 1. The first kappa shape index (κ1) is 17.1. The fourth-order valence-electron chi connectivity index (χ4n) is 2.51. The summed E-state index contributed by atoms with van der Waals surface area (Å²) in [6.45, 7) is 0.513. The Morgan fingerprint density at radius 3 is 2.74 bits per heavy atom. The van der Waals surface area contributed by atoms with Gasteiger partial charge in [-0.15, -0.1) is 0 Å². The third-order valence-electron chi connectivity index (χ3n) is 3.76. The number of carboxylic acid groups (broad SMARTS) is 1. The molecule has 1 aromatic carbocycles. The highest BCUT2D eigenvalue weighted by molar-refractivity contribution is 5.76. The molecule has 8 heteroatoms. The van der Waals surface area contributed by atoms with Crippen molar-refractivity contribution >= 4 is 12.0 Å². The highest BCUT2D eigenvalue weighted by Gasteiger charge is 2.30. The Kier molecular flexibility index (Phi) is 5.12. The molecule has 0 spiro atoms. The number of carbonyl (C=O) groups is 2. The smallest absolute Gasteiger partial charge is 0.416 e. The Bertz CT molecular complexity index is 590. The minimum absolute atomic E-state index is 0.0447. The summed E-state index contributed by atoms with van der Waals surface area (Å²) in [4.78, 5) is 24.4. The molecule has 2 N–H and O–H groups in total. The third-order valence-corrected chi connectivity index (χ3v) is 3.76. The van der Waals surface area contributed by atoms with Crippen molar-refractivity contribution in [2.24, 2.45) is 5.92 Å². The Balaban J connectivity index is 1.93. The molecular formula is C15H17F3N2O3. The number of nitrogens with one attached hydrogen (secondary N) is 1. The maximum absolute atomic E-state index is 12.6. The summed E-state index contributed by atoms with van der Waals surface area (Å²) in [6, 6.07) is 4.26.